The van der Waals surface area contributed by atoms with Gasteiger partial charge in [-0.3, -0.25) is 4.79 Å². The normalized spacial score (nSPS) is 40.3. The number of ether oxygens (including phenoxy) is 1. The molecule has 0 bridgehead atoms. The van der Waals surface area contributed by atoms with Crippen LogP contribution < -0.4 is 0 Å². The van der Waals surface area contributed by atoms with Crippen molar-refractivity contribution in [3.63, 3.8) is 0 Å². The summed E-state index contributed by atoms with van der Waals surface area (Å²) in [4.78, 5) is 13.4. The predicted molar refractivity (Wildman–Crippen MR) is 55.1 cm³/mol. The Morgan fingerprint density at radius 1 is 1.47 bits per heavy atom. The van der Waals surface area contributed by atoms with Crippen LogP contribution in [0.25, 0.3) is 0 Å². The van der Waals surface area contributed by atoms with Crippen LogP contribution in [0.4, 0.5) is 0 Å². The summed E-state index contributed by atoms with van der Waals surface area (Å²) in [7, 11) is 0. The first-order chi connectivity index (χ1) is 6.89. The highest BCUT2D eigenvalue weighted by atomic mass is 16.5. The van der Waals surface area contributed by atoms with E-state index in [4.69, 9.17) is 4.74 Å². The second kappa shape index (κ2) is 3.19. The van der Waals surface area contributed by atoms with Crippen LogP contribution in [0.2, 0.25) is 0 Å². The monoisotopic (exact) mass is 213 g/mol. The van der Waals surface area contributed by atoms with Gasteiger partial charge in [0.1, 0.15) is 5.60 Å². The Morgan fingerprint density at radius 2 is 2.13 bits per heavy atom. The number of amides is 1. The van der Waals surface area contributed by atoms with Gasteiger partial charge >= 0.3 is 0 Å². The molecule has 2 fully saturated rings. The highest BCUT2D eigenvalue weighted by Crippen LogP contribution is 2.47. The summed E-state index contributed by atoms with van der Waals surface area (Å²) in [5, 5.41) is 10.4. The number of carbonyl (C=O) groups excluding carboxylic acids is 1. The Labute approximate surface area is 90.2 Å². The zero-order valence-corrected chi connectivity index (χ0v) is 9.62. The van der Waals surface area contributed by atoms with Gasteiger partial charge in [0, 0.05) is 19.4 Å². The Kier molecular flexibility index (Phi) is 2.32. The van der Waals surface area contributed by atoms with E-state index < -0.39 is 11.3 Å². The van der Waals surface area contributed by atoms with E-state index in [1.54, 1.807) is 11.8 Å². The van der Waals surface area contributed by atoms with Crippen LogP contribution in [0.15, 0.2) is 0 Å². The van der Waals surface area contributed by atoms with E-state index in [-0.39, 0.29) is 12.0 Å². The van der Waals surface area contributed by atoms with E-state index in [0.29, 0.717) is 25.8 Å². The first kappa shape index (κ1) is 10.9. The van der Waals surface area contributed by atoms with Gasteiger partial charge in [-0.2, -0.15) is 0 Å². The second-order valence-electron chi connectivity index (χ2n) is 5.02. The molecule has 2 saturated heterocycles. The SMILES string of the molecule is CC(C)OC12CCC(=O)N1CCC2(C)O. The number of rotatable bonds is 2. The molecule has 0 radical (unpaired) electrons. The van der Waals surface area contributed by atoms with E-state index in [1.165, 1.54) is 0 Å². The number of nitrogens with zero attached hydrogens (tertiary/aromatic N) is 1. The van der Waals surface area contributed by atoms with E-state index in [2.05, 4.69) is 0 Å². The van der Waals surface area contributed by atoms with Crippen molar-refractivity contribution in [1.82, 2.24) is 4.90 Å². The topological polar surface area (TPSA) is 49.8 Å². The molecule has 2 aliphatic heterocycles. The minimum absolute atomic E-state index is 0.0166. The second-order valence-corrected chi connectivity index (χ2v) is 5.02. The van der Waals surface area contributed by atoms with Crippen LogP contribution in [0, 0.1) is 0 Å². The third kappa shape index (κ3) is 1.39. The summed E-state index contributed by atoms with van der Waals surface area (Å²) < 4.78 is 5.86. The molecular formula is C11H19NO3. The summed E-state index contributed by atoms with van der Waals surface area (Å²) in [5.41, 5.74) is -1.68. The van der Waals surface area contributed by atoms with Gasteiger partial charge in [-0.05, 0) is 27.2 Å². The zero-order valence-electron chi connectivity index (χ0n) is 9.62. The molecule has 0 saturated carbocycles. The molecule has 0 aromatic heterocycles. The average molecular weight is 213 g/mol. The lowest BCUT2D eigenvalue weighted by Gasteiger charge is -2.41. The van der Waals surface area contributed by atoms with E-state index in [9.17, 15) is 9.90 Å². The number of hydrogen-bond acceptors (Lipinski definition) is 3. The fraction of sp³-hybridized carbons (Fsp3) is 0.909. The number of carbonyl (C=O) groups is 1. The lowest BCUT2D eigenvalue weighted by molar-refractivity contribution is -0.222. The summed E-state index contributed by atoms with van der Waals surface area (Å²) in [6.07, 6.45) is 1.72. The van der Waals surface area contributed by atoms with Gasteiger partial charge in [-0.15, -0.1) is 0 Å². The van der Waals surface area contributed by atoms with Crippen LogP contribution in [0.1, 0.15) is 40.0 Å². The molecule has 2 atom stereocenters. The van der Waals surface area contributed by atoms with Gasteiger partial charge < -0.3 is 14.7 Å². The summed E-state index contributed by atoms with van der Waals surface area (Å²) in [5.74, 6) is 0.105. The highest BCUT2D eigenvalue weighted by Gasteiger charge is 2.62. The van der Waals surface area contributed by atoms with Crippen molar-refractivity contribution >= 4 is 5.91 Å². The summed E-state index contributed by atoms with van der Waals surface area (Å²) >= 11 is 0. The number of hydrogen-bond donors (Lipinski definition) is 1. The molecule has 2 unspecified atom stereocenters. The first-order valence-corrected chi connectivity index (χ1v) is 5.60. The molecule has 1 N–H and O–H groups in total. The molecule has 4 heteroatoms. The summed E-state index contributed by atoms with van der Waals surface area (Å²) in [6.45, 7) is 6.25. The molecule has 2 aliphatic rings. The van der Waals surface area contributed by atoms with E-state index in [1.807, 2.05) is 13.8 Å². The van der Waals surface area contributed by atoms with Crippen molar-refractivity contribution in [2.45, 2.75) is 57.5 Å². The maximum atomic E-state index is 11.7. The molecule has 2 rings (SSSR count). The molecule has 1 amide bonds. The van der Waals surface area contributed by atoms with Gasteiger partial charge in [0.15, 0.2) is 5.72 Å². The Morgan fingerprint density at radius 3 is 2.73 bits per heavy atom. The molecule has 0 aromatic rings. The molecule has 86 valence electrons. The largest absolute Gasteiger partial charge is 0.385 e. The van der Waals surface area contributed by atoms with Gasteiger partial charge in [-0.25, -0.2) is 0 Å². The van der Waals surface area contributed by atoms with Crippen LogP contribution in [0.5, 0.6) is 0 Å². The average Bonchev–Trinajstić information content (AvgIpc) is 2.52. The predicted octanol–water partition coefficient (Wildman–Crippen LogP) is 0.885. The zero-order chi connectivity index (χ0) is 11.3. The lowest BCUT2D eigenvalue weighted by Crippen LogP contribution is -2.56. The van der Waals surface area contributed by atoms with Gasteiger partial charge in [0.25, 0.3) is 0 Å². The van der Waals surface area contributed by atoms with Crippen molar-refractivity contribution in [3.05, 3.63) is 0 Å². The molecule has 4 nitrogen and oxygen atoms in total. The molecule has 15 heavy (non-hydrogen) atoms. The van der Waals surface area contributed by atoms with Crippen LogP contribution in [-0.4, -0.2) is 39.9 Å². The third-order valence-corrected chi connectivity index (χ3v) is 3.51. The standard InChI is InChI=1S/C11H19NO3/c1-8(2)15-11-5-4-9(13)12(11)7-6-10(11,3)14/h8,14H,4-7H2,1-3H3. The minimum Gasteiger partial charge on any atom is -0.385 e. The Hall–Kier alpha value is -0.610. The van der Waals surface area contributed by atoms with Crippen molar-refractivity contribution in [2.24, 2.45) is 0 Å². The molecular weight excluding hydrogens is 194 g/mol. The first-order valence-electron chi connectivity index (χ1n) is 5.60. The fourth-order valence-electron chi connectivity index (χ4n) is 2.78. The molecule has 2 heterocycles. The van der Waals surface area contributed by atoms with E-state index >= 15 is 0 Å². The van der Waals surface area contributed by atoms with Crippen LogP contribution in [-0.2, 0) is 9.53 Å². The Bertz CT molecular complexity index is 288. The highest BCUT2D eigenvalue weighted by molar-refractivity contribution is 5.80. The number of aliphatic hydroxyl groups is 1. The van der Waals surface area contributed by atoms with Crippen LogP contribution in [0.3, 0.4) is 0 Å². The maximum absolute atomic E-state index is 11.7. The van der Waals surface area contributed by atoms with Crippen molar-refractivity contribution < 1.29 is 14.6 Å². The minimum atomic E-state index is -0.913. The molecule has 0 aromatic carbocycles. The molecule has 0 spiro atoms. The van der Waals surface area contributed by atoms with Crippen molar-refractivity contribution in [1.29, 1.82) is 0 Å². The smallest absolute Gasteiger partial charge is 0.225 e. The number of fused-ring (bicyclic) bond motifs is 1. The van der Waals surface area contributed by atoms with E-state index in [0.717, 1.165) is 0 Å². The van der Waals surface area contributed by atoms with Crippen molar-refractivity contribution in [2.75, 3.05) is 6.54 Å². The van der Waals surface area contributed by atoms with Gasteiger partial charge in [-0.1, -0.05) is 0 Å². The quantitative estimate of drug-likeness (QED) is 0.741. The van der Waals surface area contributed by atoms with Gasteiger partial charge in [0.05, 0.1) is 6.10 Å². The fourth-order valence-corrected chi connectivity index (χ4v) is 2.78. The van der Waals surface area contributed by atoms with Gasteiger partial charge in [0.2, 0.25) is 5.91 Å². The van der Waals surface area contributed by atoms with Crippen molar-refractivity contribution in [3.8, 4) is 0 Å². The Balaban J connectivity index is 2.33. The maximum Gasteiger partial charge on any atom is 0.225 e. The summed E-state index contributed by atoms with van der Waals surface area (Å²) in [6, 6.07) is 0. The third-order valence-electron chi connectivity index (χ3n) is 3.51. The van der Waals surface area contributed by atoms with Crippen LogP contribution >= 0.6 is 0 Å². The molecule has 0 aliphatic carbocycles. The lowest BCUT2D eigenvalue weighted by atomic mass is 9.90.